The molecule has 0 saturated heterocycles. The second kappa shape index (κ2) is 13.3. The van der Waals surface area contributed by atoms with E-state index in [0.717, 1.165) is 42.4 Å². The summed E-state index contributed by atoms with van der Waals surface area (Å²) < 4.78 is 93.2. The molecule has 0 spiro atoms. The number of benzene rings is 8. The van der Waals surface area contributed by atoms with Crippen molar-refractivity contribution >= 4 is 53.3 Å². The van der Waals surface area contributed by atoms with Gasteiger partial charge in [-0.2, -0.15) is 0 Å². The molecular weight excluding hydrogens is 701 g/mol. The minimum atomic E-state index is -0.598. The van der Waals surface area contributed by atoms with E-state index in [1.807, 2.05) is 97.1 Å². The lowest BCUT2D eigenvalue weighted by atomic mass is 9.99. The second-order valence-corrected chi connectivity index (χ2v) is 14.3. The molecule has 0 aliphatic rings. The second-order valence-electron chi connectivity index (χ2n) is 13.2. The lowest BCUT2D eigenvalue weighted by molar-refractivity contribution is 1.06. The van der Waals surface area contributed by atoms with Gasteiger partial charge in [-0.05, 0) is 58.6 Å². The Kier molecular flexibility index (Phi) is 5.58. The third kappa shape index (κ3) is 5.40. The first-order valence-corrected chi connectivity index (χ1v) is 18.8. The highest BCUT2D eigenvalue weighted by molar-refractivity contribution is 7.26. The first-order chi connectivity index (χ1) is 31.9. The standard InChI is InChI=1S/C51H32N4S/c1-4-15-33(16-5-1)36-27-29-45-42(31-36)39-21-10-12-25-44(39)55(45)46-30-28-37(38-23-14-24-41-40-22-11-13-26-47(40)56-48(38)41)32-43(46)51-53-49(34-17-6-2-7-18-34)52-50(54-51)35-19-8-3-9-20-35/h1-32H/i1D,4D,5D,10D,15D,16D,21D,25D,29D,31D. The Balaban J connectivity index is 1.28. The van der Waals surface area contributed by atoms with Crippen LogP contribution in [-0.4, -0.2) is 19.5 Å². The van der Waals surface area contributed by atoms with Crippen LogP contribution in [0.2, 0.25) is 0 Å². The van der Waals surface area contributed by atoms with Crippen molar-refractivity contribution in [3.8, 4) is 62.1 Å². The minimum Gasteiger partial charge on any atom is -0.309 e. The Morgan fingerprint density at radius 1 is 0.429 bits per heavy atom. The van der Waals surface area contributed by atoms with Gasteiger partial charge in [0, 0.05) is 47.6 Å². The zero-order valence-corrected chi connectivity index (χ0v) is 30.2. The van der Waals surface area contributed by atoms with E-state index in [0.29, 0.717) is 22.9 Å². The average Bonchev–Trinajstić information content (AvgIpc) is 3.92. The van der Waals surface area contributed by atoms with E-state index in [4.69, 9.17) is 23.2 Å². The molecule has 0 atom stereocenters. The summed E-state index contributed by atoms with van der Waals surface area (Å²) in [5.74, 6) is 1.06. The molecule has 3 aromatic heterocycles. The van der Waals surface area contributed by atoms with Crippen LogP contribution in [0.4, 0.5) is 0 Å². The Morgan fingerprint density at radius 3 is 1.91 bits per heavy atom. The van der Waals surface area contributed by atoms with Crippen LogP contribution in [0.5, 0.6) is 0 Å². The van der Waals surface area contributed by atoms with Gasteiger partial charge in [0.25, 0.3) is 0 Å². The number of fused-ring (bicyclic) bond motifs is 6. The van der Waals surface area contributed by atoms with E-state index in [1.54, 1.807) is 15.9 Å². The van der Waals surface area contributed by atoms with Gasteiger partial charge >= 0.3 is 0 Å². The molecule has 4 nitrogen and oxygen atoms in total. The molecule has 8 aromatic carbocycles. The smallest absolute Gasteiger partial charge is 0.166 e. The maximum atomic E-state index is 9.72. The van der Waals surface area contributed by atoms with Crippen molar-refractivity contribution in [2.24, 2.45) is 0 Å². The first kappa shape index (κ1) is 23.5. The van der Waals surface area contributed by atoms with Crippen LogP contribution >= 0.6 is 11.3 Å². The van der Waals surface area contributed by atoms with Gasteiger partial charge in [0.15, 0.2) is 17.5 Å². The van der Waals surface area contributed by atoms with Crippen molar-refractivity contribution < 1.29 is 13.7 Å². The molecule has 11 aromatic rings. The van der Waals surface area contributed by atoms with Crippen LogP contribution < -0.4 is 0 Å². The molecule has 11 rings (SSSR count). The molecule has 0 radical (unpaired) electrons. The molecule has 0 N–H and O–H groups in total. The summed E-state index contributed by atoms with van der Waals surface area (Å²) in [6.45, 7) is 0. The molecule has 56 heavy (non-hydrogen) atoms. The fourth-order valence-corrected chi connectivity index (χ4v) is 8.59. The van der Waals surface area contributed by atoms with Gasteiger partial charge in [-0.3, -0.25) is 0 Å². The van der Waals surface area contributed by atoms with E-state index < -0.39 is 30.2 Å². The summed E-state index contributed by atoms with van der Waals surface area (Å²) in [5, 5.41) is 2.29. The fraction of sp³-hybridized carbons (Fsp3) is 0. The molecule has 0 bridgehead atoms. The van der Waals surface area contributed by atoms with Gasteiger partial charge in [0.05, 0.1) is 30.4 Å². The molecule has 0 amide bonds. The van der Waals surface area contributed by atoms with Crippen molar-refractivity contribution in [3.05, 3.63) is 194 Å². The Labute approximate surface area is 341 Å². The van der Waals surface area contributed by atoms with E-state index >= 15 is 0 Å². The largest absolute Gasteiger partial charge is 0.309 e. The van der Waals surface area contributed by atoms with Gasteiger partial charge in [0.1, 0.15) is 0 Å². The topological polar surface area (TPSA) is 43.6 Å². The summed E-state index contributed by atoms with van der Waals surface area (Å²) in [5.41, 5.74) is 4.00. The number of hydrogen-bond donors (Lipinski definition) is 0. The number of thiophene rings is 1. The molecular formula is C51H32N4S. The SMILES string of the molecule is [2H]c1cc([2H])c2c(c1[2H])c1c([2H])c(-c3c([2H])c([2H])c([2H])c([2H])c3[2H])cc([2H])c1n2-c1ccc(-c2cccc3c2sc2ccccc23)cc1-c1nc(-c2ccccc2)nc(-c2ccccc2)n1. The lowest BCUT2D eigenvalue weighted by Gasteiger charge is -2.16. The van der Waals surface area contributed by atoms with Gasteiger partial charge in [-0.15, -0.1) is 11.3 Å². The number of aromatic nitrogens is 4. The van der Waals surface area contributed by atoms with Crippen molar-refractivity contribution in [2.45, 2.75) is 0 Å². The van der Waals surface area contributed by atoms with E-state index in [1.165, 1.54) is 12.1 Å². The zero-order valence-electron chi connectivity index (χ0n) is 39.4. The summed E-state index contributed by atoms with van der Waals surface area (Å²) >= 11 is 1.69. The highest BCUT2D eigenvalue weighted by Crippen LogP contribution is 2.43. The maximum Gasteiger partial charge on any atom is 0.166 e. The van der Waals surface area contributed by atoms with E-state index in [9.17, 15) is 5.48 Å². The highest BCUT2D eigenvalue weighted by atomic mass is 32.1. The quantitative estimate of drug-likeness (QED) is 0.170. The zero-order chi connectivity index (χ0) is 45.7. The number of rotatable bonds is 6. The molecule has 0 aliphatic heterocycles. The highest BCUT2D eigenvalue weighted by Gasteiger charge is 2.21. The molecule has 0 unspecified atom stereocenters. The number of nitrogens with zero attached hydrogens (tertiary/aromatic N) is 4. The van der Waals surface area contributed by atoms with Gasteiger partial charge in [0.2, 0.25) is 0 Å². The molecule has 262 valence electrons. The molecule has 0 saturated carbocycles. The predicted molar refractivity (Wildman–Crippen MR) is 234 cm³/mol. The monoisotopic (exact) mass is 742 g/mol. The van der Waals surface area contributed by atoms with E-state index in [-0.39, 0.29) is 69.0 Å². The van der Waals surface area contributed by atoms with Gasteiger partial charge in [-0.1, -0.05) is 158 Å². The Morgan fingerprint density at radius 2 is 1.12 bits per heavy atom. The van der Waals surface area contributed by atoms with Gasteiger partial charge in [-0.25, -0.2) is 15.0 Å². The normalized spacial score (nSPS) is 14.1. The number of hydrogen-bond acceptors (Lipinski definition) is 4. The summed E-state index contributed by atoms with van der Waals surface area (Å²) in [6.07, 6.45) is 0. The molecule has 0 fully saturated rings. The van der Waals surface area contributed by atoms with Crippen molar-refractivity contribution in [1.29, 1.82) is 0 Å². The van der Waals surface area contributed by atoms with Gasteiger partial charge < -0.3 is 4.57 Å². The Hall–Kier alpha value is -7.21. The van der Waals surface area contributed by atoms with Crippen molar-refractivity contribution in [1.82, 2.24) is 19.5 Å². The van der Waals surface area contributed by atoms with Crippen LogP contribution in [0.15, 0.2) is 194 Å². The van der Waals surface area contributed by atoms with Crippen molar-refractivity contribution in [2.75, 3.05) is 0 Å². The minimum absolute atomic E-state index is 0.0163. The Bertz CT molecular complexity index is 3750. The predicted octanol–water partition coefficient (Wildman–Crippen LogP) is 13.7. The summed E-state index contributed by atoms with van der Waals surface area (Å²) in [6, 6.07) is 37.7. The van der Waals surface area contributed by atoms with Crippen LogP contribution in [0.25, 0.3) is 104 Å². The molecule has 3 heterocycles. The first-order valence-electron chi connectivity index (χ1n) is 23.0. The van der Waals surface area contributed by atoms with Crippen LogP contribution in [-0.2, 0) is 0 Å². The third-order valence-electron chi connectivity index (χ3n) is 9.92. The summed E-state index contributed by atoms with van der Waals surface area (Å²) in [4.78, 5) is 15.2. The van der Waals surface area contributed by atoms with Crippen LogP contribution in [0.3, 0.4) is 0 Å². The van der Waals surface area contributed by atoms with Crippen LogP contribution in [0.1, 0.15) is 13.7 Å². The fourth-order valence-electron chi connectivity index (χ4n) is 7.35. The molecule has 0 aliphatic carbocycles. The molecule has 5 heteroatoms. The third-order valence-corrected chi connectivity index (χ3v) is 11.1. The number of para-hydroxylation sites is 1. The maximum absolute atomic E-state index is 9.72. The van der Waals surface area contributed by atoms with Crippen LogP contribution in [0, 0.1) is 0 Å². The van der Waals surface area contributed by atoms with E-state index in [2.05, 4.69) is 24.3 Å². The summed E-state index contributed by atoms with van der Waals surface area (Å²) in [7, 11) is 0. The average molecular weight is 743 g/mol. The van der Waals surface area contributed by atoms with Crippen molar-refractivity contribution in [3.63, 3.8) is 0 Å². The lowest BCUT2D eigenvalue weighted by Crippen LogP contribution is -2.04.